The van der Waals surface area contributed by atoms with Crippen molar-refractivity contribution in [3.8, 4) is 5.75 Å². The van der Waals surface area contributed by atoms with Crippen LogP contribution in [-0.4, -0.2) is 41.1 Å². The molecule has 25 heavy (non-hydrogen) atoms. The van der Waals surface area contributed by atoms with Gasteiger partial charge < -0.3 is 14.7 Å². The zero-order chi connectivity index (χ0) is 17.8. The molecule has 0 aromatic heterocycles. The second-order valence-corrected chi connectivity index (χ2v) is 6.44. The van der Waals surface area contributed by atoms with Crippen molar-refractivity contribution in [1.82, 2.24) is 4.90 Å². The first-order chi connectivity index (χ1) is 12.1. The molecule has 1 atom stereocenters. The van der Waals surface area contributed by atoms with Crippen molar-refractivity contribution < 1.29 is 19.4 Å². The maximum Gasteiger partial charge on any atom is 0.342 e. The number of esters is 1. The summed E-state index contributed by atoms with van der Waals surface area (Å²) >= 11 is 0. The highest BCUT2D eigenvalue weighted by molar-refractivity contribution is 5.99. The van der Waals surface area contributed by atoms with E-state index in [4.69, 9.17) is 4.74 Å². The Morgan fingerprint density at radius 3 is 2.64 bits per heavy atom. The minimum atomic E-state index is -0.679. The zero-order valence-corrected chi connectivity index (χ0v) is 14.4. The number of benzene rings is 2. The number of phenols is 1. The van der Waals surface area contributed by atoms with Crippen LogP contribution in [-0.2, 0) is 9.53 Å². The third kappa shape index (κ3) is 3.76. The number of amides is 1. The van der Waals surface area contributed by atoms with Gasteiger partial charge in [0.2, 0.25) is 0 Å². The summed E-state index contributed by atoms with van der Waals surface area (Å²) in [5, 5.41) is 11.8. The standard InChI is InChI=1S/C20H23NO4/c1-2-16-9-5-6-10-21(16)19(23)13-25-20(24)17-11-14-7-3-4-8-15(14)12-18(17)22/h3-4,7-8,11-12,16,22H,2,5-6,9-10,13H2,1H3/t16-/m1/s1. The summed E-state index contributed by atoms with van der Waals surface area (Å²) in [6.45, 7) is 2.49. The number of fused-ring (bicyclic) bond motifs is 1. The number of carbonyl (C=O) groups is 2. The fourth-order valence-corrected chi connectivity index (χ4v) is 3.43. The second-order valence-electron chi connectivity index (χ2n) is 6.44. The summed E-state index contributed by atoms with van der Waals surface area (Å²) in [5.74, 6) is -0.984. The molecule has 3 rings (SSSR count). The van der Waals surface area contributed by atoms with Crippen molar-refractivity contribution in [2.24, 2.45) is 0 Å². The highest BCUT2D eigenvalue weighted by Gasteiger charge is 2.26. The fraction of sp³-hybridized carbons (Fsp3) is 0.400. The molecule has 0 unspecified atom stereocenters. The van der Waals surface area contributed by atoms with Crippen LogP contribution in [0.3, 0.4) is 0 Å². The van der Waals surface area contributed by atoms with Crippen LogP contribution < -0.4 is 0 Å². The predicted molar refractivity (Wildman–Crippen MR) is 95.5 cm³/mol. The van der Waals surface area contributed by atoms with Gasteiger partial charge in [0.05, 0.1) is 0 Å². The zero-order valence-electron chi connectivity index (χ0n) is 14.4. The highest BCUT2D eigenvalue weighted by Crippen LogP contribution is 2.26. The number of nitrogens with zero attached hydrogens (tertiary/aromatic N) is 1. The summed E-state index contributed by atoms with van der Waals surface area (Å²) in [6.07, 6.45) is 4.03. The lowest BCUT2D eigenvalue weighted by Crippen LogP contribution is -2.45. The van der Waals surface area contributed by atoms with Crippen LogP contribution in [0.25, 0.3) is 10.8 Å². The summed E-state index contributed by atoms with van der Waals surface area (Å²) in [7, 11) is 0. The first kappa shape index (κ1) is 17.3. The molecule has 5 heteroatoms. The lowest BCUT2D eigenvalue weighted by atomic mass is 10.00. The van der Waals surface area contributed by atoms with Gasteiger partial charge in [-0.25, -0.2) is 4.79 Å². The second kappa shape index (κ2) is 7.55. The van der Waals surface area contributed by atoms with Crippen molar-refractivity contribution >= 4 is 22.6 Å². The summed E-state index contributed by atoms with van der Waals surface area (Å²) < 4.78 is 5.18. The number of rotatable bonds is 4. The number of ether oxygens (including phenoxy) is 1. The van der Waals surface area contributed by atoms with Gasteiger partial charge in [0.15, 0.2) is 6.61 Å². The van der Waals surface area contributed by atoms with Gasteiger partial charge in [-0.15, -0.1) is 0 Å². The summed E-state index contributed by atoms with van der Waals surface area (Å²) in [5.41, 5.74) is 0.0807. The van der Waals surface area contributed by atoms with Gasteiger partial charge in [-0.1, -0.05) is 31.2 Å². The summed E-state index contributed by atoms with van der Waals surface area (Å²) in [6, 6.07) is 10.8. The normalized spacial score (nSPS) is 17.5. The number of likely N-dealkylation sites (tertiary alicyclic amines) is 1. The minimum Gasteiger partial charge on any atom is -0.507 e. The van der Waals surface area contributed by atoms with Crippen molar-refractivity contribution in [3.63, 3.8) is 0 Å². The molecule has 1 amide bonds. The van der Waals surface area contributed by atoms with Crippen LogP contribution in [0.2, 0.25) is 0 Å². The van der Waals surface area contributed by atoms with Gasteiger partial charge in [0.25, 0.3) is 5.91 Å². The minimum absolute atomic E-state index is 0.0807. The Morgan fingerprint density at radius 2 is 1.92 bits per heavy atom. The molecule has 132 valence electrons. The van der Waals surface area contributed by atoms with E-state index in [9.17, 15) is 14.7 Å². The Balaban J connectivity index is 1.68. The van der Waals surface area contributed by atoms with Crippen LogP contribution in [0, 0.1) is 0 Å². The quantitative estimate of drug-likeness (QED) is 0.865. The van der Waals surface area contributed by atoms with Crippen LogP contribution >= 0.6 is 0 Å². The largest absolute Gasteiger partial charge is 0.507 e. The number of hydrogen-bond donors (Lipinski definition) is 1. The molecule has 0 radical (unpaired) electrons. The molecule has 2 aromatic carbocycles. The molecule has 1 heterocycles. The lowest BCUT2D eigenvalue weighted by molar-refractivity contribution is -0.138. The first-order valence-electron chi connectivity index (χ1n) is 8.78. The van der Waals surface area contributed by atoms with Crippen molar-refractivity contribution in [3.05, 3.63) is 42.0 Å². The van der Waals surface area contributed by atoms with E-state index >= 15 is 0 Å². The molecule has 1 saturated heterocycles. The molecule has 1 N–H and O–H groups in total. The van der Waals surface area contributed by atoms with Gasteiger partial charge in [-0.3, -0.25) is 4.79 Å². The van der Waals surface area contributed by atoms with Gasteiger partial charge in [-0.2, -0.15) is 0 Å². The maximum absolute atomic E-state index is 12.4. The molecule has 0 bridgehead atoms. The van der Waals surface area contributed by atoms with Crippen LogP contribution in [0.1, 0.15) is 43.0 Å². The Morgan fingerprint density at radius 1 is 1.20 bits per heavy atom. The van der Waals surface area contributed by atoms with Gasteiger partial charge in [0.1, 0.15) is 11.3 Å². The maximum atomic E-state index is 12.4. The van der Waals surface area contributed by atoms with E-state index in [2.05, 4.69) is 6.92 Å². The van der Waals surface area contributed by atoms with E-state index in [0.717, 1.165) is 43.0 Å². The Bertz CT molecular complexity index is 786. The van der Waals surface area contributed by atoms with Crippen molar-refractivity contribution in [2.75, 3.05) is 13.2 Å². The number of piperidine rings is 1. The SMILES string of the molecule is CC[C@@H]1CCCCN1C(=O)COC(=O)c1cc2ccccc2cc1O. The van der Waals surface area contributed by atoms with Crippen LogP contribution in [0.15, 0.2) is 36.4 Å². The van der Waals surface area contributed by atoms with E-state index < -0.39 is 5.97 Å². The molecule has 0 saturated carbocycles. The lowest BCUT2D eigenvalue weighted by Gasteiger charge is -2.35. The molecule has 1 aliphatic heterocycles. The monoisotopic (exact) mass is 341 g/mol. The molecular weight excluding hydrogens is 318 g/mol. The van der Waals surface area contributed by atoms with E-state index in [1.165, 1.54) is 6.07 Å². The van der Waals surface area contributed by atoms with E-state index in [0.29, 0.717) is 0 Å². The van der Waals surface area contributed by atoms with Gasteiger partial charge in [-0.05, 0) is 48.6 Å². The van der Waals surface area contributed by atoms with E-state index in [1.54, 1.807) is 6.07 Å². The summed E-state index contributed by atoms with van der Waals surface area (Å²) in [4.78, 5) is 26.5. The number of phenolic OH excluding ortho intramolecular Hbond substituents is 1. The molecule has 2 aromatic rings. The molecular formula is C20H23NO4. The number of aromatic hydroxyl groups is 1. The third-order valence-electron chi connectivity index (χ3n) is 4.83. The third-order valence-corrected chi connectivity index (χ3v) is 4.83. The Hall–Kier alpha value is -2.56. The molecule has 1 fully saturated rings. The number of carbonyl (C=O) groups excluding carboxylic acids is 2. The molecule has 0 spiro atoms. The van der Waals surface area contributed by atoms with Gasteiger partial charge in [0, 0.05) is 12.6 Å². The van der Waals surface area contributed by atoms with Crippen molar-refractivity contribution in [2.45, 2.75) is 38.6 Å². The first-order valence-corrected chi connectivity index (χ1v) is 8.78. The fourth-order valence-electron chi connectivity index (χ4n) is 3.43. The predicted octanol–water partition coefficient (Wildman–Crippen LogP) is 3.49. The average Bonchev–Trinajstić information content (AvgIpc) is 2.65. The molecule has 1 aliphatic rings. The van der Waals surface area contributed by atoms with E-state index in [-0.39, 0.29) is 29.9 Å². The smallest absolute Gasteiger partial charge is 0.342 e. The highest BCUT2D eigenvalue weighted by atomic mass is 16.5. The topological polar surface area (TPSA) is 66.8 Å². The van der Waals surface area contributed by atoms with E-state index in [1.807, 2.05) is 29.2 Å². The Labute approximate surface area is 147 Å². The number of hydrogen-bond acceptors (Lipinski definition) is 4. The van der Waals surface area contributed by atoms with Crippen LogP contribution in [0.4, 0.5) is 0 Å². The molecule has 0 aliphatic carbocycles. The molecule has 5 nitrogen and oxygen atoms in total. The van der Waals surface area contributed by atoms with Gasteiger partial charge >= 0.3 is 5.97 Å². The average molecular weight is 341 g/mol. The van der Waals surface area contributed by atoms with Crippen molar-refractivity contribution in [1.29, 1.82) is 0 Å². The Kier molecular flexibility index (Phi) is 5.22. The van der Waals surface area contributed by atoms with Crippen LogP contribution in [0.5, 0.6) is 5.75 Å².